The van der Waals surface area contributed by atoms with Gasteiger partial charge in [0.2, 0.25) is 11.9 Å². The zero-order valence-electron chi connectivity index (χ0n) is 11.1. The number of nitrogens with one attached hydrogen (secondary N) is 1. The van der Waals surface area contributed by atoms with Crippen molar-refractivity contribution in [2.75, 3.05) is 57.8 Å². The molecule has 1 heterocycles. The van der Waals surface area contributed by atoms with E-state index in [1.54, 1.807) is 11.8 Å². The van der Waals surface area contributed by atoms with Crippen LogP contribution in [0, 0.1) is 0 Å². The van der Waals surface area contributed by atoms with E-state index in [2.05, 4.69) is 39.3 Å². The predicted octanol–water partition coefficient (Wildman–Crippen LogP) is 0.633. The van der Waals surface area contributed by atoms with Crippen molar-refractivity contribution in [1.29, 1.82) is 0 Å². The summed E-state index contributed by atoms with van der Waals surface area (Å²) in [5, 5.41) is 3.71. The summed E-state index contributed by atoms with van der Waals surface area (Å²) in [6, 6.07) is 0. The Morgan fingerprint density at radius 2 is 1.82 bits per heavy atom. The van der Waals surface area contributed by atoms with Crippen LogP contribution in [-0.2, 0) is 0 Å². The van der Waals surface area contributed by atoms with Crippen LogP contribution in [-0.4, -0.2) is 67.4 Å². The average Bonchev–Trinajstić information content (AvgIpc) is 2.28. The maximum atomic E-state index is 4.39. The van der Waals surface area contributed by atoms with Crippen molar-refractivity contribution in [2.45, 2.75) is 5.16 Å². The van der Waals surface area contributed by atoms with Gasteiger partial charge in [-0.1, -0.05) is 11.8 Å². The van der Waals surface area contributed by atoms with E-state index in [9.17, 15) is 0 Å². The van der Waals surface area contributed by atoms with Crippen LogP contribution in [0.3, 0.4) is 0 Å². The maximum absolute atomic E-state index is 4.39. The first-order chi connectivity index (χ1) is 8.02. The van der Waals surface area contributed by atoms with E-state index in [0.29, 0.717) is 11.9 Å². The number of nitrogens with zero attached hydrogens (tertiary/aromatic N) is 5. The molecule has 0 amide bonds. The van der Waals surface area contributed by atoms with Crippen LogP contribution in [0.1, 0.15) is 0 Å². The zero-order valence-corrected chi connectivity index (χ0v) is 11.9. The maximum Gasteiger partial charge on any atom is 0.230 e. The molecule has 0 aliphatic rings. The normalized spacial score (nSPS) is 10.7. The molecule has 0 radical (unpaired) electrons. The molecule has 0 aliphatic heterocycles. The Morgan fingerprint density at radius 1 is 1.12 bits per heavy atom. The van der Waals surface area contributed by atoms with Gasteiger partial charge in [0, 0.05) is 33.4 Å². The Morgan fingerprint density at radius 3 is 2.35 bits per heavy atom. The minimum atomic E-state index is 0.607. The van der Waals surface area contributed by atoms with E-state index in [1.165, 1.54) is 0 Å². The van der Waals surface area contributed by atoms with Gasteiger partial charge in [-0.2, -0.15) is 15.0 Å². The third-order valence-electron chi connectivity index (χ3n) is 2.00. The van der Waals surface area contributed by atoms with Crippen molar-refractivity contribution in [2.24, 2.45) is 0 Å². The molecule has 1 rings (SSSR count). The molecule has 0 saturated heterocycles. The fourth-order valence-electron chi connectivity index (χ4n) is 1.04. The molecule has 96 valence electrons. The fourth-order valence-corrected chi connectivity index (χ4v) is 1.98. The van der Waals surface area contributed by atoms with Crippen molar-refractivity contribution >= 4 is 23.7 Å². The molecule has 7 heteroatoms. The summed E-state index contributed by atoms with van der Waals surface area (Å²) in [5.41, 5.74) is 0. The van der Waals surface area contributed by atoms with E-state index in [4.69, 9.17) is 0 Å². The molecule has 0 aliphatic carbocycles. The van der Waals surface area contributed by atoms with Crippen LogP contribution in [0.5, 0.6) is 0 Å². The van der Waals surface area contributed by atoms with E-state index < -0.39 is 0 Å². The van der Waals surface area contributed by atoms with Crippen molar-refractivity contribution in [1.82, 2.24) is 19.9 Å². The van der Waals surface area contributed by atoms with Crippen LogP contribution >= 0.6 is 11.8 Å². The van der Waals surface area contributed by atoms with Crippen LogP contribution in [0.4, 0.5) is 11.9 Å². The lowest BCUT2D eigenvalue weighted by Gasteiger charge is -2.13. The Balaban J connectivity index is 2.73. The highest BCUT2D eigenvalue weighted by atomic mass is 32.2. The van der Waals surface area contributed by atoms with Gasteiger partial charge in [-0.3, -0.25) is 0 Å². The molecule has 0 unspecified atom stereocenters. The molecule has 1 N–H and O–H groups in total. The number of hydrogen-bond acceptors (Lipinski definition) is 7. The van der Waals surface area contributed by atoms with Crippen LogP contribution in [0.15, 0.2) is 5.16 Å². The Bertz CT molecular complexity index is 355. The number of hydrogen-bond donors (Lipinski definition) is 1. The molecule has 1 aromatic heterocycles. The van der Waals surface area contributed by atoms with Gasteiger partial charge in [0.15, 0.2) is 5.16 Å². The zero-order chi connectivity index (χ0) is 12.8. The lowest BCUT2D eigenvalue weighted by Crippen LogP contribution is -2.16. The molecule has 17 heavy (non-hydrogen) atoms. The molecule has 0 saturated carbocycles. The highest BCUT2D eigenvalue weighted by Gasteiger charge is 2.07. The number of aromatic nitrogens is 3. The monoisotopic (exact) mass is 256 g/mol. The number of thioether (sulfide) groups is 1. The Kier molecular flexibility index (Phi) is 5.43. The SMILES string of the molecule is CNc1nc(SCCN(C)C)nc(N(C)C)n1. The minimum absolute atomic E-state index is 0.607. The second-order valence-electron chi connectivity index (χ2n) is 4.04. The van der Waals surface area contributed by atoms with Gasteiger partial charge < -0.3 is 15.1 Å². The Labute approximate surface area is 107 Å². The summed E-state index contributed by atoms with van der Waals surface area (Å²) in [6.45, 7) is 1.00. The summed E-state index contributed by atoms with van der Waals surface area (Å²) in [6.07, 6.45) is 0. The Hall–Kier alpha value is -1.08. The molecule has 0 aromatic carbocycles. The summed E-state index contributed by atoms with van der Waals surface area (Å²) >= 11 is 1.64. The molecule has 0 bridgehead atoms. The van der Waals surface area contributed by atoms with E-state index in [0.717, 1.165) is 17.5 Å². The van der Waals surface area contributed by atoms with E-state index >= 15 is 0 Å². The van der Waals surface area contributed by atoms with Crippen molar-refractivity contribution in [3.63, 3.8) is 0 Å². The van der Waals surface area contributed by atoms with Crippen LogP contribution < -0.4 is 10.2 Å². The van der Waals surface area contributed by atoms with E-state index in [-0.39, 0.29) is 0 Å². The lowest BCUT2D eigenvalue weighted by atomic mass is 10.7. The summed E-state index contributed by atoms with van der Waals surface area (Å²) in [5.74, 6) is 2.25. The molecular formula is C10H20N6S. The van der Waals surface area contributed by atoms with Crippen molar-refractivity contribution in [3.05, 3.63) is 0 Å². The van der Waals surface area contributed by atoms with E-state index in [1.807, 2.05) is 26.0 Å². The van der Waals surface area contributed by atoms with Gasteiger partial charge >= 0.3 is 0 Å². The number of anilines is 2. The smallest absolute Gasteiger partial charge is 0.230 e. The largest absolute Gasteiger partial charge is 0.357 e. The third kappa shape index (κ3) is 4.74. The minimum Gasteiger partial charge on any atom is -0.357 e. The molecule has 0 fully saturated rings. The van der Waals surface area contributed by atoms with Gasteiger partial charge in [0.25, 0.3) is 0 Å². The second kappa shape index (κ2) is 6.61. The first kappa shape index (κ1) is 14.0. The van der Waals surface area contributed by atoms with Crippen LogP contribution in [0.25, 0.3) is 0 Å². The topological polar surface area (TPSA) is 57.2 Å². The quantitative estimate of drug-likeness (QED) is 0.749. The summed E-state index contributed by atoms with van der Waals surface area (Å²) < 4.78 is 0. The molecule has 6 nitrogen and oxygen atoms in total. The first-order valence-electron chi connectivity index (χ1n) is 5.41. The first-order valence-corrected chi connectivity index (χ1v) is 6.40. The highest BCUT2D eigenvalue weighted by Crippen LogP contribution is 2.17. The third-order valence-corrected chi connectivity index (χ3v) is 2.82. The van der Waals surface area contributed by atoms with Gasteiger partial charge in [-0.25, -0.2) is 0 Å². The van der Waals surface area contributed by atoms with Crippen LogP contribution in [0.2, 0.25) is 0 Å². The summed E-state index contributed by atoms with van der Waals surface area (Å²) in [7, 11) is 9.76. The lowest BCUT2D eigenvalue weighted by molar-refractivity contribution is 0.437. The van der Waals surface area contributed by atoms with Gasteiger partial charge in [0.1, 0.15) is 0 Å². The fraction of sp³-hybridized carbons (Fsp3) is 0.700. The van der Waals surface area contributed by atoms with Gasteiger partial charge in [0.05, 0.1) is 0 Å². The predicted molar refractivity (Wildman–Crippen MR) is 73.0 cm³/mol. The highest BCUT2D eigenvalue weighted by molar-refractivity contribution is 7.99. The van der Waals surface area contributed by atoms with Gasteiger partial charge in [-0.15, -0.1) is 0 Å². The second-order valence-corrected chi connectivity index (χ2v) is 5.10. The summed E-state index contributed by atoms with van der Waals surface area (Å²) in [4.78, 5) is 17.0. The van der Waals surface area contributed by atoms with Crippen molar-refractivity contribution < 1.29 is 0 Å². The molecule has 0 spiro atoms. The number of rotatable bonds is 6. The van der Waals surface area contributed by atoms with Crippen molar-refractivity contribution in [3.8, 4) is 0 Å². The molecule has 1 aromatic rings. The molecule has 0 atom stereocenters. The average molecular weight is 256 g/mol. The van der Waals surface area contributed by atoms with Gasteiger partial charge in [-0.05, 0) is 14.1 Å². The standard InChI is InChI=1S/C10H20N6S/c1-11-8-12-9(16(4)5)14-10(13-8)17-7-6-15(2)3/h6-7H2,1-5H3,(H,11,12,13,14). The molecular weight excluding hydrogens is 236 g/mol.